The van der Waals surface area contributed by atoms with E-state index in [2.05, 4.69) is 5.32 Å². The molecular formula is C25H20N2O3. The Balaban J connectivity index is 1.64. The number of rotatable bonds is 5. The van der Waals surface area contributed by atoms with E-state index in [1.54, 1.807) is 6.08 Å². The Morgan fingerprint density at radius 2 is 1.50 bits per heavy atom. The van der Waals surface area contributed by atoms with Crippen molar-refractivity contribution in [1.82, 2.24) is 10.3 Å². The van der Waals surface area contributed by atoms with Crippen molar-refractivity contribution in [3.8, 4) is 0 Å². The third-order valence-corrected chi connectivity index (χ3v) is 4.67. The van der Waals surface area contributed by atoms with Crippen molar-refractivity contribution in [2.75, 3.05) is 0 Å². The third kappa shape index (κ3) is 4.20. The molecule has 5 nitrogen and oxygen atoms in total. The minimum Gasteiger partial charge on any atom is -0.454 e. The molecule has 0 aliphatic rings. The van der Waals surface area contributed by atoms with Crippen LogP contribution in [0.3, 0.4) is 0 Å². The van der Waals surface area contributed by atoms with E-state index in [9.17, 15) is 9.59 Å². The molecule has 5 heteroatoms. The van der Waals surface area contributed by atoms with Gasteiger partial charge in [0.15, 0.2) is 0 Å². The van der Waals surface area contributed by atoms with E-state index in [0.717, 1.165) is 27.2 Å². The lowest BCUT2D eigenvalue weighted by atomic mass is 10.0. The van der Waals surface area contributed by atoms with Gasteiger partial charge in [-0.2, -0.15) is 0 Å². The fourth-order valence-corrected chi connectivity index (χ4v) is 3.35. The number of aromatic nitrogens is 1. The lowest BCUT2D eigenvalue weighted by Gasteiger charge is -2.12. The van der Waals surface area contributed by atoms with Crippen molar-refractivity contribution < 1.29 is 14.3 Å². The number of ether oxygens (including phenoxy) is 1. The number of pyridine rings is 1. The van der Waals surface area contributed by atoms with Gasteiger partial charge in [-0.05, 0) is 23.1 Å². The molecule has 3 aromatic carbocycles. The first-order valence-corrected chi connectivity index (χ1v) is 9.59. The highest BCUT2D eigenvalue weighted by atomic mass is 16.5. The van der Waals surface area contributed by atoms with E-state index in [1.165, 1.54) is 6.92 Å². The molecule has 0 aliphatic heterocycles. The minimum atomic E-state index is -0.618. The maximum Gasteiger partial charge on any atom is 0.355 e. The van der Waals surface area contributed by atoms with Crippen LogP contribution in [0, 0.1) is 0 Å². The first-order chi connectivity index (χ1) is 14.6. The molecule has 0 unspecified atom stereocenters. The number of hydrogen-bond donors (Lipinski definition) is 1. The molecule has 0 atom stereocenters. The fraction of sp³-hybridized carbons (Fsp3) is 0.0800. The second-order valence-electron chi connectivity index (χ2n) is 6.85. The number of nitrogens with zero attached hydrogens (tertiary/aromatic N) is 1. The number of para-hydroxylation sites is 1. The van der Waals surface area contributed by atoms with E-state index in [-0.39, 0.29) is 18.2 Å². The largest absolute Gasteiger partial charge is 0.454 e. The van der Waals surface area contributed by atoms with Crippen LogP contribution in [-0.2, 0) is 20.9 Å². The maximum atomic E-state index is 12.7. The number of esters is 1. The second-order valence-corrected chi connectivity index (χ2v) is 6.85. The third-order valence-electron chi connectivity index (χ3n) is 4.67. The molecule has 1 heterocycles. The first kappa shape index (κ1) is 19.3. The van der Waals surface area contributed by atoms with E-state index >= 15 is 0 Å². The zero-order valence-corrected chi connectivity index (χ0v) is 16.5. The Bertz CT molecular complexity index is 1260. The average Bonchev–Trinajstić information content (AvgIpc) is 2.77. The summed E-state index contributed by atoms with van der Waals surface area (Å²) in [5.41, 5.74) is 2.37. The van der Waals surface area contributed by atoms with Gasteiger partial charge in [0.1, 0.15) is 12.3 Å². The van der Waals surface area contributed by atoms with Crippen LogP contribution in [0.15, 0.2) is 84.6 Å². The molecule has 0 radical (unpaired) electrons. The van der Waals surface area contributed by atoms with Crippen LogP contribution in [0.4, 0.5) is 0 Å². The summed E-state index contributed by atoms with van der Waals surface area (Å²) in [4.78, 5) is 29.0. The Morgan fingerprint density at radius 3 is 2.23 bits per heavy atom. The van der Waals surface area contributed by atoms with Crippen LogP contribution in [0.25, 0.3) is 27.8 Å². The van der Waals surface area contributed by atoms with E-state index in [1.807, 2.05) is 78.9 Å². The van der Waals surface area contributed by atoms with Crippen LogP contribution in [0.1, 0.15) is 18.2 Å². The summed E-state index contributed by atoms with van der Waals surface area (Å²) in [7, 11) is 0. The lowest BCUT2D eigenvalue weighted by molar-refractivity contribution is -0.141. The summed E-state index contributed by atoms with van der Waals surface area (Å²) in [6, 6.07) is 25.0. The minimum absolute atomic E-state index is 0.00407. The molecule has 1 amide bonds. The zero-order chi connectivity index (χ0) is 20.9. The number of fused-ring (bicyclic) bond motifs is 3. The molecule has 0 saturated carbocycles. The number of benzene rings is 3. The Morgan fingerprint density at radius 1 is 0.867 bits per heavy atom. The van der Waals surface area contributed by atoms with Gasteiger partial charge in [-0.1, -0.05) is 72.8 Å². The molecule has 0 spiro atoms. The summed E-state index contributed by atoms with van der Waals surface area (Å²) in [5, 5.41) is 5.59. The fourth-order valence-electron chi connectivity index (χ4n) is 3.35. The van der Waals surface area contributed by atoms with Crippen molar-refractivity contribution in [1.29, 1.82) is 0 Å². The highest BCUT2D eigenvalue weighted by molar-refractivity contribution is 6.06. The smallest absolute Gasteiger partial charge is 0.355 e. The molecular weight excluding hydrogens is 376 g/mol. The van der Waals surface area contributed by atoms with Crippen molar-refractivity contribution in [2.45, 2.75) is 13.5 Å². The summed E-state index contributed by atoms with van der Waals surface area (Å²) in [6.45, 7) is 1.35. The molecule has 148 valence electrons. The van der Waals surface area contributed by atoms with Crippen LogP contribution in [0.2, 0.25) is 0 Å². The molecule has 0 aliphatic carbocycles. The van der Waals surface area contributed by atoms with Gasteiger partial charge in [-0.15, -0.1) is 0 Å². The predicted octanol–water partition coefficient (Wildman–Crippen LogP) is 4.61. The van der Waals surface area contributed by atoms with Crippen LogP contribution < -0.4 is 5.32 Å². The molecule has 30 heavy (non-hydrogen) atoms. The van der Waals surface area contributed by atoms with Crippen molar-refractivity contribution in [2.24, 2.45) is 0 Å². The maximum absolute atomic E-state index is 12.7. The SMILES string of the molecule is CC(=O)N/C(=C\c1ccccc1)C(=O)OCc1nc2ccccc2c2ccccc12. The Hall–Kier alpha value is -3.99. The zero-order valence-electron chi connectivity index (χ0n) is 16.5. The second kappa shape index (κ2) is 8.57. The number of amides is 1. The van der Waals surface area contributed by atoms with Gasteiger partial charge in [-0.25, -0.2) is 9.78 Å². The summed E-state index contributed by atoms with van der Waals surface area (Å²) in [6.07, 6.45) is 1.59. The Labute approximate surface area is 174 Å². The lowest BCUT2D eigenvalue weighted by Crippen LogP contribution is -2.26. The van der Waals surface area contributed by atoms with Gasteiger partial charge in [0.25, 0.3) is 0 Å². The first-order valence-electron chi connectivity index (χ1n) is 9.59. The van der Waals surface area contributed by atoms with E-state index in [4.69, 9.17) is 9.72 Å². The summed E-state index contributed by atoms with van der Waals surface area (Å²) < 4.78 is 5.54. The van der Waals surface area contributed by atoms with E-state index < -0.39 is 5.97 Å². The highest BCUT2D eigenvalue weighted by Crippen LogP contribution is 2.26. The van der Waals surface area contributed by atoms with Crippen molar-refractivity contribution in [3.63, 3.8) is 0 Å². The average molecular weight is 396 g/mol. The van der Waals surface area contributed by atoms with Crippen LogP contribution in [-0.4, -0.2) is 16.9 Å². The van der Waals surface area contributed by atoms with Gasteiger partial charge < -0.3 is 10.1 Å². The van der Waals surface area contributed by atoms with Crippen molar-refractivity contribution in [3.05, 3.63) is 95.8 Å². The van der Waals surface area contributed by atoms with Gasteiger partial charge >= 0.3 is 5.97 Å². The number of carbonyl (C=O) groups is 2. The molecule has 4 rings (SSSR count). The predicted molar refractivity (Wildman–Crippen MR) is 117 cm³/mol. The summed E-state index contributed by atoms with van der Waals surface area (Å²) in [5.74, 6) is -0.962. The Kier molecular flexibility index (Phi) is 5.52. The normalized spacial score (nSPS) is 11.4. The molecule has 0 fully saturated rings. The topological polar surface area (TPSA) is 68.3 Å². The molecule has 1 aromatic heterocycles. The monoisotopic (exact) mass is 396 g/mol. The number of nitrogens with one attached hydrogen (secondary N) is 1. The molecule has 0 bridgehead atoms. The molecule has 0 saturated heterocycles. The van der Waals surface area contributed by atoms with Crippen LogP contribution in [0.5, 0.6) is 0 Å². The van der Waals surface area contributed by atoms with Gasteiger partial charge in [-0.3, -0.25) is 4.79 Å². The van der Waals surface area contributed by atoms with Crippen LogP contribution >= 0.6 is 0 Å². The molecule has 1 N–H and O–H groups in total. The van der Waals surface area contributed by atoms with E-state index in [0.29, 0.717) is 5.69 Å². The quantitative estimate of drug-likeness (QED) is 0.304. The van der Waals surface area contributed by atoms with Gasteiger partial charge in [0, 0.05) is 17.7 Å². The van der Waals surface area contributed by atoms with Gasteiger partial charge in [0.05, 0.1) is 11.2 Å². The number of carbonyl (C=O) groups excluding carboxylic acids is 2. The summed E-state index contributed by atoms with van der Waals surface area (Å²) >= 11 is 0. The standard InChI is InChI=1S/C25H20N2O3/c1-17(28)26-23(15-18-9-3-2-4-10-18)25(29)30-16-24-21-13-6-5-11-19(21)20-12-7-8-14-22(20)27-24/h2-15H,16H2,1H3,(H,26,28)/b23-15-. The van der Waals surface area contributed by atoms with Crippen molar-refractivity contribution >= 4 is 39.6 Å². The van der Waals surface area contributed by atoms with Gasteiger partial charge in [0.2, 0.25) is 5.91 Å². The number of hydrogen-bond acceptors (Lipinski definition) is 4. The highest BCUT2D eigenvalue weighted by Gasteiger charge is 2.15. The molecule has 4 aromatic rings.